The van der Waals surface area contributed by atoms with Gasteiger partial charge in [0, 0.05) is 18.1 Å². The first kappa shape index (κ1) is 20.3. The minimum Gasteiger partial charge on any atom is -0.341 e. The van der Waals surface area contributed by atoms with Gasteiger partial charge in [-0.2, -0.15) is 0 Å². The maximum absolute atomic E-state index is 12.9. The zero-order chi connectivity index (χ0) is 18.8. The van der Waals surface area contributed by atoms with Crippen molar-refractivity contribution >= 4 is 44.8 Å². The molecule has 0 spiro atoms. The predicted octanol–water partition coefficient (Wildman–Crippen LogP) is 3.94. The summed E-state index contributed by atoms with van der Waals surface area (Å²) in [6.07, 6.45) is 6.33. The van der Waals surface area contributed by atoms with E-state index in [-0.39, 0.29) is 22.7 Å². The highest BCUT2D eigenvalue weighted by molar-refractivity contribution is 7.92. The highest BCUT2D eigenvalue weighted by Gasteiger charge is 2.34. The lowest BCUT2D eigenvalue weighted by molar-refractivity contribution is -0.133. The van der Waals surface area contributed by atoms with E-state index in [0.29, 0.717) is 5.02 Å². The summed E-state index contributed by atoms with van der Waals surface area (Å²) in [4.78, 5) is 14.6. The minimum absolute atomic E-state index is 0.153. The molecule has 0 unspecified atom stereocenters. The third-order valence-corrected chi connectivity index (χ3v) is 6.46. The molecular formula is C17H24Cl2N2O3S. The van der Waals surface area contributed by atoms with Crippen molar-refractivity contribution in [3.05, 3.63) is 28.2 Å². The van der Waals surface area contributed by atoms with Crippen LogP contribution in [-0.4, -0.2) is 44.6 Å². The zero-order valence-corrected chi connectivity index (χ0v) is 17.0. The first-order valence-electron chi connectivity index (χ1n) is 8.34. The number of hydrogen-bond acceptors (Lipinski definition) is 3. The quantitative estimate of drug-likeness (QED) is 0.743. The van der Waals surface area contributed by atoms with Gasteiger partial charge in [0.25, 0.3) is 0 Å². The molecule has 1 aliphatic rings. The van der Waals surface area contributed by atoms with E-state index in [9.17, 15) is 13.2 Å². The highest BCUT2D eigenvalue weighted by atomic mass is 35.5. The molecule has 2 rings (SSSR count). The number of benzene rings is 1. The lowest BCUT2D eigenvalue weighted by Crippen LogP contribution is -2.51. The van der Waals surface area contributed by atoms with Crippen LogP contribution in [0.15, 0.2) is 18.2 Å². The van der Waals surface area contributed by atoms with E-state index < -0.39 is 16.1 Å². The minimum atomic E-state index is -3.72. The molecule has 1 fully saturated rings. The van der Waals surface area contributed by atoms with Crippen LogP contribution in [0.2, 0.25) is 10.0 Å². The van der Waals surface area contributed by atoms with Crippen molar-refractivity contribution in [1.82, 2.24) is 4.90 Å². The zero-order valence-electron chi connectivity index (χ0n) is 14.7. The number of hydrogen-bond donors (Lipinski definition) is 0. The number of anilines is 1. The van der Waals surface area contributed by atoms with Gasteiger partial charge in [-0.3, -0.25) is 9.10 Å². The Morgan fingerprint density at radius 2 is 1.80 bits per heavy atom. The molecule has 1 saturated carbocycles. The smallest absolute Gasteiger partial charge is 0.246 e. The summed E-state index contributed by atoms with van der Waals surface area (Å²) in [5.41, 5.74) is 0.217. The molecule has 0 bridgehead atoms. The molecule has 1 atom stereocenters. The van der Waals surface area contributed by atoms with Gasteiger partial charge in [-0.25, -0.2) is 8.42 Å². The summed E-state index contributed by atoms with van der Waals surface area (Å²) in [6, 6.07) is 3.82. The Labute approximate surface area is 159 Å². The van der Waals surface area contributed by atoms with E-state index >= 15 is 0 Å². The van der Waals surface area contributed by atoms with Crippen molar-refractivity contribution in [2.24, 2.45) is 0 Å². The van der Waals surface area contributed by atoms with Crippen molar-refractivity contribution in [3.8, 4) is 0 Å². The fraction of sp³-hybridized carbons (Fsp3) is 0.588. The van der Waals surface area contributed by atoms with Gasteiger partial charge in [0.15, 0.2) is 0 Å². The average Bonchev–Trinajstić information content (AvgIpc) is 2.56. The summed E-state index contributed by atoms with van der Waals surface area (Å²) in [5.74, 6) is -0.242. The van der Waals surface area contributed by atoms with Gasteiger partial charge in [0.05, 0.1) is 17.0 Å². The monoisotopic (exact) mass is 406 g/mol. The van der Waals surface area contributed by atoms with Crippen molar-refractivity contribution < 1.29 is 13.2 Å². The van der Waals surface area contributed by atoms with Crippen LogP contribution in [-0.2, 0) is 14.8 Å². The molecule has 0 N–H and O–H groups in total. The van der Waals surface area contributed by atoms with E-state index in [1.807, 2.05) is 0 Å². The molecule has 1 aromatic rings. The second kappa shape index (κ2) is 8.14. The molecule has 8 heteroatoms. The second-order valence-corrected chi connectivity index (χ2v) is 9.27. The number of carbonyl (C=O) groups excluding carboxylic acids is 1. The van der Waals surface area contributed by atoms with Gasteiger partial charge < -0.3 is 4.90 Å². The molecule has 1 amide bonds. The number of carbonyl (C=O) groups is 1. The van der Waals surface area contributed by atoms with E-state index in [0.717, 1.165) is 36.2 Å². The Bertz CT molecular complexity index is 733. The molecule has 0 heterocycles. The van der Waals surface area contributed by atoms with Gasteiger partial charge in [-0.15, -0.1) is 0 Å². The normalized spacial score (nSPS) is 17.2. The van der Waals surface area contributed by atoms with Gasteiger partial charge >= 0.3 is 0 Å². The Morgan fingerprint density at radius 3 is 2.36 bits per heavy atom. The largest absolute Gasteiger partial charge is 0.341 e. The number of halogens is 2. The van der Waals surface area contributed by atoms with Crippen LogP contribution in [0.4, 0.5) is 5.69 Å². The molecule has 5 nitrogen and oxygen atoms in total. The number of rotatable bonds is 5. The first-order chi connectivity index (χ1) is 11.6. The molecule has 0 saturated heterocycles. The van der Waals surface area contributed by atoms with Crippen molar-refractivity contribution in [3.63, 3.8) is 0 Å². The summed E-state index contributed by atoms with van der Waals surface area (Å²) < 4.78 is 25.8. The van der Waals surface area contributed by atoms with Crippen LogP contribution >= 0.6 is 23.2 Å². The SMILES string of the molecule is C[C@@H](C(=O)N(C)C1CCCCC1)N(c1cc(Cl)ccc1Cl)S(C)(=O)=O. The lowest BCUT2D eigenvalue weighted by Gasteiger charge is -2.36. The van der Waals surface area contributed by atoms with Crippen LogP contribution in [0.3, 0.4) is 0 Å². The lowest BCUT2D eigenvalue weighted by atomic mass is 9.94. The van der Waals surface area contributed by atoms with Crippen LogP contribution in [0.1, 0.15) is 39.0 Å². The molecule has 0 aliphatic heterocycles. The number of sulfonamides is 1. The number of nitrogens with zero attached hydrogens (tertiary/aromatic N) is 2. The van der Waals surface area contributed by atoms with E-state index in [2.05, 4.69) is 0 Å². The highest BCUT2D eigenvalue weighted by Crippen LogP contribution is 2.33. The topological polar surface area (TPSA) is 57.7 Å². The standard InChI is InChI=1S/C17H24Cl2N2O3S/c1-12(17(22)20(2)14-7-5-4-6-8-14)21(25(3,23)24)16-11-13(18)9-10-15(16)19/h9-12,14H,4-8H2,1-3H3/t12-/m0/s1. The number of amides is 1. The summed E-state index contributed by atoms with van der Waals surface area (Å²) >= 11 is 12.2. The van der Waals surface area contributed by atoms with Gasteiger partial charge in [-0.05, 0) is 38.0 Å². The third kappa shape index (κ3) is 4.80. The maximum Gasteiger partial charge on any atom is 0.246 e. The first-order valence-corrected chi connectivity index (χ1v) is 10.9. The fourth-order valence-electron chi connectivity index (χ4n) is 3.37. The van der Waals surface area contributed by atoms with E-state index in [1.54, 1.807) is 24.9 Å². The van der Waals surface area contributed by atoms with E-state index in [1.165, 1.54) is 18.6 Å². The van der Waals surface area contributed by atoms with Crippen LogP contribution in [0.5, 0.6) is 0 Å². The fourth-order valence-corrected chi connectivity index (χ4v) is 4.97. The van der Waals surface area contributed by atoms with E-state index in [4.69, 9.17) is 23.2 Å². The van der Waals surface area contributed by atoms with Gasteiger partial charge in [-0.1, -0.05) is 42.5 Å². The Kier molecular flexibility index (Phi) is 6.62. The molecule has 25 heavy (non-hydrogen) atoms. The molecular weight excluding hydrogens is 383 g/mol. The Balaban J connectivity index is 2.34. The summed E-state index contributed by atoms with van der Waals surface area (Å²) in [7, 11) is -1.98. The van der Waals surface area contributed by atoms with Crippen LogP contribution in [0.25, 0.3) is 0 Å². The predicted molar refractivity (Wildman–Crippen MR) is 103 cm³/mol. The van der Waals surface area contributed by atoms with Crippen LogP contribution < -0.4 is 4.31 Å². The molecule has 0 radical (unpaired) electrons. The molecule has 140 valence electrons. The second-order valence-electron chi connectivity index (χ2n) is 6.57. The Morgan fingerprint density at radius 1 is 1.20 bits per heavy atom. The van der Waals surface area contributed by atoms with Crippen molar-refractivity contribution in [2.45, 2.75) is 51.1 Å². The molecule has 0 aromatic heterocycles. The molecule has 1 aliphatic carbocycles. The van der Waals surface area contributed by atoms with Gasteiger partial charge in [0.2, 0.25) is 15.9 Å². The number of likely N-dealkylation sites (N-methyl/N-ethyl adjacent to an activating group) is 1. The van der Waals surface area contributed by atoms with Gasteiger partial charge in [0.1, 0.15) is 6.04 Å². The van der Waals surface area contributed by atoms with Crippen molar-refractivity contribution in [1.29, 1.82) is 0 Å². The third-order valence-electron chi connectivity index (χ3n) is 4.68. The summed E-state index contributed by atoms with van der Waals surface area (Å²) in [6.45, 7) is 1.58. The maximum atomic E-state index is 12.9. The van der Waals surface area contributed by atoms with Crippen molar-refractivity contribution in [2.75, 3.05) is 17.6 Å². The van der Waals surface area contributed by atoms with Crippen LogP contribution in [0, 0.1) is 0 Å². The average molecular weight is 407 g/mol. The Hall–Kier alpha value is -0.980. The molecule has 1 aromatic carbocycles. The summed E-state index contributed by atoms with van der Waals surface area (Å²) in [5, 5.41) is 0.586.